The number of aliphatic carboxylic acids is 1. The van der Waals surface area contributed by atoms with Gasteiger partial charge in [0.15, 0.2) is 0 Å². The first-order chi connectivity index (χ1) is 5.66. The van der Waals surface area contributed by atoms with Crippen LogP contribution in [0, 0.1) is 5.92 Å². The molecule has 1 saturated heterocycles. The smallest absolute Gasteiger partial charge is 0.317 e. The van der Waals surface area contributed by atoms with E-state index in [0.717, 1.165) is 13.0 Å². The highest BCUT2D eigenvalue weighted by atomic mass is 16.4. The Morgan fingerprint density at radius 1 is 1.83 bits per heavy atom. The Morgan fingerprint density at radius 2 is 2.58 bits per heavy atom. The zero-order valence-corrected chi connectivity index (χ0v) is 7.16. The SMILES string of the molecule is CC1=CC2CC1CN2CC(=O)O. The van der Waals surface area contributed by atoms with Gasteiger partial charge in [-0.1, -0.05) is 11.6 Å². The molecule has 66 valence electrons. The van der Waals surface area contributed by atoms with Gasteiger partial charge in [-0.2, -0.15) is 0 Å². The Kier molecular flexibility index (Phi) is 1.68. The highest BCUT2D eigenvalue weighted by molar-refractivity contribution is 5.69. The van der Waals surface area contributed by atoms with Crippen molar-refractivity contribution in [2.75, 3.05) is 13.1 Å². The minimum absolute atomic E-state index is 0.199. The van der Waals surface area contributed by atoms with Crippen molar-refractivity contribution in [1.29, 1.82) is 0 Å². The maximum Gasteiger partial charge on any atom is 0.317 e. The predicted octanol–water partition coefficient (Wildman–Crippen LogP) is 0.721. The number of likely N-dealkylation sites (tertiary alicyclic amines) is 1. The first-order valence-corrected chi connectivity index (χ1v) is 4.31. The van der Waals surface area contributed by atoms with Crippen molar-refractivity contribution in [3.8, 4) is 0 Å². The van der Waals surface area contributed by atoms with E-state index in [0.29, 0.717) is 12.0 Å². The zero-order chi connectivity index (χ0) is 8.72. The van der Waals surface area contributed by atoms with Gasteiger partial charge >= 0.3 is 5.97 Å². The summed E-state index contributed by atoms with van der Waals surface area (Å²) in [5.41, 5.74) is 1.45. The van der Waals surface area contributed by atoms with Gasteiger partial charge in [0.2, 0.25) is 0 Å². The molecule has 2 unspecified atom stereocenters. The van der Waals surface area contributed by atoms with Crippen LogP contribution in [0.1, 0.15) is 13.3 Å². The standard InChI is InChI=1S/C9H13NO2/c1-6-2-8-3-7(6)4-10(8)5-9(11)12/h2,7-8H,3-5H2,1H3,(H,11,12). The minimum Gasteiger partial charge on any atom is -0.480 e. The molecule has 0 radical (unpaired) electrons. The van der Waals surface area contributed by atoms with E-state index < -0.39 is 5.97 Å². The fourth-order valence-corrected chi connectivity index (χ4v) is 2.23. The van der Waals surface area contributed by atoms with Crippen LogP contribution in [0.5, 0.6) is 0 Å². The first kappa shape index (κ1) is 7.80. The van der Waals surface area contributed by atoms with Crippen molar-refractivity contribution in [3.05, 3.63) is 11.6 Å². The molecule has 1 heterocycles. The van der Waals surface area contributed by atoms with Gasteiger partial charge in [-0.25, -0.2) is 0 Å². The number of hydrogen-bond acceptors (Lipinski definition) is 2. The number of fused-ring (bicyclic) bond motifs is 2. The van der Waals surface area contributed by atoms with Gasteiger partial charge in [0.1, 0.15) is 0 Å². The predicted molar refractivity (Wildman–Crippen MR) is 44.9 cm³/mol. The van der Waals surface area contributed by atoms with Gasteiger partial charge < -0.3 is 5.11 Å². The topological polar surface area (TPSA) is 40.5 Å². The molecule has 0 aromatic carbocycles. The summed E-state index contributed by atoms with van der Waals surface area (Å²) in [5.74, 6) is -0.0806. The Morgan fingerprint density at radius 3 is 3.00 bits per heavy atom. The van der Waals surface area contributed by atoms with Gasteiger partial charge in [0.05, 0.1) is 6.54 Å². The first-order valence-electron chi connectivity index (χ1n) is 4.31. The highest BCUT2D eigenvalue weighted by Crippen LogP contribution is 2.36. The molecule has 0 amide bonds. The molecule has 12 heavy (non-hydrogen) atoms. The lowest BCUT2D eigenvalue weighted by Crippen LogP contribution is -2.35. The second-order valence-electron chi connectivity index (χ2n) is 3.73. The van der Waals surface area contributed by atoms with Crippen molar-refractivity contribution in [2.24, 2.45) is 5.92 Å². The van der Waals surface area contributed by atoms with Crippen molar-refractivity contribution in [1.82, 2.24) is 4.90 Å². The maximum absolute atomic E-state index is 10.5. The van der Waals surface area contributed by atoms with Crippen LogP contribution in [0.3, 0.4) is 0 Å². The molecule has 0 aromatic rings. The Hall–Kier alpha value is -0.830. The lowest BCUT2D eigenvalue weighted by molar-refractivity contribution is -0.138. The number of hydrogen-bond donors (Lipinski definition) is 1. The Bertz CT molecular complexity index is 247. The van der Waals surface area contributed by atoms with Crippen LogP contribution in [-0.2, 0) is 4.79 Å². The molecule has 0 spiro atoms. The molecule has 2 atom stereocenters. The molecule has 1 N–H and O–H groups in total. The van der Waals surface area contributed by atoms with Crippen LogP contribution in [0.25, 0.3) is 0 Å². The van der Waals surface area contributed by atoms with Crippen molar-refractivity contribution < 1.29 is 9.90 Å². The van der Waals surface area contributed by atoms with E-state index in [4.69, 9.17) is 5.11 Å². The molecule has 1 aliphatic carbocycles. The Balaban J connectivity index is 2.02. The monoisotopic (exact) mass is 167 g/mol. The van der Waals surface area contributed by atoms with E-state index in [1.165, 1.54) is 5.57 Å². The fraction of sp³-hybridized carbons (Fsp3) is 0.667. The molecule has 3 heteroatoms. The second kappa shape index (κ2) is 2.59. The van der Waals surface area contributed by atoms with Crippen LogP contribution in [-0.4, -0.2) is 35.1 Å². The van der Waals surface area contributed by atoms with E-state index in [-0.39, 0.29) is 6.54 Å². The summed E-state index contributed by atoms with van der Waals surface area (Å²) in [5, 5.41) is 8.61. The van der Waals surface area contributed by atoms with Gasteiger partial charge in [-0.15, -0.1) is 0 Å². The molecular weight excluding hydrogens is 154 g/mol. The third-order valence-electron chi connectivity index (χ3n) is 2.89. The normalized spacial score (nSPS) is 33.9. The number of carbonyl (C=O) groups is 1. The van der Waals surface area contributed by atoms with Crippen molar-refractivity contribution in [2.45, 2.75) is 19.4 Å². The fourth-order valence-electron chi connectivity index (χ4n) is 2.23. The van der Waals surface area contributed by atoms with Gasteiger partial charge in [0.25, 0.3) is 0 Å². The quantitative estimate of drug-likeness (QED) is 0.616. The zero-order valence-electron chi connectivity index (χ0n) is 7.16. The average Bonchev–Trinajstić information content (AvgIpc) is 2.44. The van der Waals surface area contributed by atoms with E-state index in [9.17, 15) is 4.79 Å². The minimum atomic E-state index is -0.714. The summed E-state index contributed by atoms with van der Waals surface area (Å²) in [7, 11) is 0. The van der Waals surface area contributed by atoms with Gasteiger partial charge in [0, 0.05) is 12.6 Å². The molecule has 2 bridgehead atoms. The van der Waals surface area contributed by atoms with E-state index >= 15 is 0 Å². The molecule has 0 aromatic heterocycles. The lowest BCUT2D eigenvalue weighted by atomic mass is 10.1. The molecular formula is C9H13NO2. The summed E-state index contributed by atoms with van der Waals surface area (Å²) < 4.78 is 0. The van der Waals surface area contributed by atoms with Crippen LogP contribution < -0.4 is 0 Å². The summed E-state index contributed by atoms with van der Waals surface area (Å²) in [4.78, 5) is 12.5. The lowest BCUT2D eigenvalue weighted by Gasteiger charge is -2.22. The van der Waals surface area contributed by atoms with Crippen molar-refractivity contribution in [3.63, 3.8) is 0 Å². The maximum atomic E-state index is 10.5. The second-order valence-corrected chi connectivity index (χ2v) is 3.73. The van der Waals surface area contributed by atoms with Crippen LogP contribution in [0.2, 0.25) is 0 Å². The van der Waals surface area contributed by atoms with E-state index in [1.807, 2.05) is 4.90 Å². The van der Waals surface area contributed by atoms with E-state index in [1.54, 1.807) is 0 Å². The largest absolute Gasteiger partial charge is 0.480 e. The molecule has 2 rings (SSSR count). The Labute approximate surface area is 71.7 Å². The number of carboxylic acids is 1. The number of carboxylic acid groups (broad SMARTS) is 1. The molecule has 1 fully saturated rings. The van der Waals surface area contributed by atoms with Crippen LogP contribution in [0.4, 0.5) is 0 Å². The highest BCUT2D eigenvalue weighted by Gasteiger charge is 2.37. The van der Waals surface area contributed by atoms with Gasteiger partial charge in [-0.3, -0.25) is 9.69 Å². The molecule has 0 saturated carbocycles. The third-order valence-corrected chi connectivity index (χ3v) is 2.89. The van der Waals surface area contributed by atoms with Crippen LogP contribution in [0.15, 0.2) is 11.6 Å². The molecule has 2 aliphatic rings. The van der Waals surface area contributed by atoms with Crippen molar-refractivity contribution >= 4 is 5.97 Å². The number of rotatable bonds is 2. The van der Waals surface area contributed by atoms with Gasteiger partial charge in [-0.05, 0) is 19.3 Å². The summed E-state index contributed by atoms with van der Waals surface area (Å²) >= 11 is 0. The van der Waals surface area contributed by atoms with E-state index in [2.05, 4.69) is 13.0 Å². The number of nitrogens with zero attached hydrogens (tertiary/aromatic N) is 1. The summed E-state index contributed by atoms with van der Waals surface area (Å²) in [6, 6.07) is 0.408. The molecule has 3 nitrogen and oxygen atoms in total. The molecule has 1 aliphatic heterocycles. The van der Waals surface area contributed by atoms with Crippen LogP contribution >= 0.6 is 0 Å². The summed E-state index contributed by atoms with van der Waals surface area (Å²) in [6.07, 6.45) is 3.34. The summed E-state index contributed by atoms with van der Waals surface area (Å²) in [6.45, 7) is 3.28. The third kappa shape index (κ3) is 1.14. The average molecular weight is 167 g/mol.